The molecule has 0 saturated carbocycles. The maximum Gasteiger partial charge on any atom is 0.242 e. The zero-order valence-electron chi connectivity index (χ0n) is 12.8. The Morgan fingerprint density at radius 2 is 2.00 bits per heavy atom. The predicted molar refractivity (Wildman–Crippen MR) is 80.2 cm³/mol. The number of aryl methyl sites for hydroxylation is 1. The Labute approximate surface area is 121 Å². The van der Waals surface area contributed by atoms with Gasteiger partial charge in [0.2, 0.25) is 11.8 Å². The van der Waals surface area contributed by atoms with Crippen molar-refractivity contribution in [1.29, 1.82) is 0 Å². The van der Waals surface area contributed by atoms with Crippen LogP contribution in [0.25, 0.3) is 0 Å². The van der Waals surface area contributed by atoms with E-state index in [4.69, 9.17) is 0 Å². The van der Waals surface area contributed by atoms with Crippen LogP contribution in [-0.4, -0.2) is 29.3 Å². The Balaban J connectivity index is 2.89. The van der Waals surface area contributed by atoms with Crippen LogP contribution in [0.2, 0.25) is 0 Å². The largest absolute Gasteiger partial charge is 0.355 e. The number of nitrogens with zero attached hydrogens (tertiary/aromatic N) is 1. The molecule has 0 aromatic heterocycles. The zero-order valence-corrected chi connectivity index (χ0v) is 12.8. The van der Waals surface area contributed by atoms with E-state index in [0.717, 1.165) is 11.1 Å². The number of carbonyl (C=O) groups is 2. The van der Waals surface area contributed by atoms with Gasteiger partial charge in [0, 0.05) is 19.5 Å². The highest BCUT2D eigenvalue weighted by Gasteiger charge is 2.24. The number of likely N-dealkylation sites (N-methyl/N-ethyl adjacent to an activating group) is 1. The molecule has 4 heteroatoms. The van der Waals surface area contributed by atoms with E-state index in [1.165, 1.54) is 0 Å². The van der Waals surface area contributed by atoms with Gasteiger partial charge in [0.25, 0.3) is 0 Å². The van der Waals surface area contributed by atoms with Crippen molar-refractivity contribution in [3.8, 4) is 0 Å². The molecule has 4 nitrogen and oxygen atoms in total. The van der Waals surface area contributed by atoms with Gasteiger partial charge in [-0.25, -0.2) is 0 Å². The number of carbonyl (C=O) groups excluding carboxylic acids is 2. The van der Waals surface area contributed by atoms with Crippen LogP contribution in [0.3, 0.4) is 0 Å². The summed E-state index contributed by atoms with van der Waals surface area (Å²) in [6, 6.07) is 7.55. The van der Waals surface area contributed by atoms with Crippen LogP contribution >= 0.6 is 0 Å². The van der Waals surface area contributed by atoms with Crippen LogP contribution in [0.15, 0.2) is 24.3 Å². The molecule has 1 rings (SSSR count). The molecule has 0 spiro atoms. The van der Waals surface area contributed by atoms with E-state index in [2.05, 4.69) is 5.32 Å². The second-order valence-corrected chi connectivity index (χ2v) is 4.93. The maximum absolute atomic E-state index is 12.1. The molecule has 0 unspecified atom stereocenters. The number of rotatable bonds is 6. The van der Waals surface area contributed by atoms with Crippen LogP contribution in [-0.2, 0) is 16.1 Å². The average Bonchev–Trinajstić information content (AvgIpc) is 2.43. The Kier molecular flexibility index (Phi) is 6.22. The van der Waals surface area contributed by atoms with E-state index >= 15 is 0 Å². The van der Waals surface area contributed by atoms with Gasteiger partial charge in [0.1, 0.15) is 6.04 Å². The van der Waals surface area contributed by atoms with Gasteiger partial charge < -0.3 is 10.2 Å². The maximum atomic E-state index is 12.1. The molecule has 1 aromatic rings. The van der Waals surface area contributed by atoms with Crippen LogP contribution in [0, 0.1) is 6.92 Å². The first-order valence-electron chi connectivity index (χ1n) is 7.12. The van der Waals surface area contributed by atoms with Crippen molar-refractivity contribution < 1.29 is 9.59 Å². The topological polar surface area (TPSA) is 49.4 Å². The predicted octanol–water partition coefficient (Wildman–Crippen LogP) is 2.26. The summed E-state index contributed by atoms with van der Waals surface area (Å²) in [5.74, 6) is -0.118. The summed E-state index contributed by atoms with van der Waals surface area (Å²) in [4.78, 5) is 25.7. The Hall–Kier alpha value is -1.84. The molecule has 0 radical (unpaired) electrons. The molecule has 0 saturated heterocycles. The van der Waals surface area contributed by atoms with Crippen LogP contribution < -0.4 is 5.32 Å². The smallest absolute Gasteiger partial charge is 0.242 e. The molecular formula is C16H24N2O2. The highest BCUT2D eigenvalue weighted by atomic mass is 16.2. The minimum Gasteiger partial charge on any atom is -0.355 e. The monoisotopic (exact) mass is 276 g/mol. The van der Waals surface area contributed by atoms with E-state index in [0.29, 0.717) is 19.5 Å². The van der Waals surface area contributed by atoms with Gasteiger partial charge >= 0.3 is 0 Å². The summed E-state index contributed by atoms with van der Waals surface area (Å²) in [5, 5.41) is 2.77. The van der Waals surface area contributed by atoms with Crippen molar-refractivity contribution in [3.63, 3.8) is 0 Å². The van der Waals surface area contributed by atoms with Gasteiger partial charge in [-0.15, -0.1) is 0 Å². The van der Waals surface area contributed by atoms with Gasteiger partial charge in [-0.1, -0.05) is 36.8 Å². The first-order valence-corrected chi connectivity index (χ1v) is 7.12. The van der Waals surface area contributed by atoms with Crippen LogP contribution in [0.4, 0.5) is 0 Å². The molecule has 0 aliphatic rings. The number of benzene rings is 1. The SMILES string of the molecule is CCNC(=O)[C@H](C)N(Cc1cccc(C)c1)C(=O)CC. The lowest BCUT2D eigenvalue weighted by Gasteiger charge is -2.28. The number of hydrogen-bond acceptors (Lipinski definition) is 2. The highest BCUT2D eigenvalue weighted by molar-refractivity contribution is 5.87. The fraction of sp³-hybridized carbons (Fsp3) is 0.500. The van der Waals surface area contributed by atoms with Gasteiger partial charge in [-0.2, -0.15) is 0 Å². The molecule has 1 aromatic carbocycles. The molecule has 0 aliphatic carbocycles. The second kappa shape index (κ2) is 7.68. The first kappa shape index (κ1) is 16.2. The van der Waals surface area contributed by atoms with E-state index in [-0.39, 0.29) is 11.8 Å². The van der Waals surface area contributed by atoms with Gasteiger partial charge in [-0.3, -0.25) is 9.59 Å². The molecule has 0 heterocycles. The molecule has 1 N–H and O–H groups in total. The van der Waals surface area contributed by atoms with Gasteiger partial charge in [0.05, 0.1) is 0 Å². The van der Waals surface area contributed by atoms with Crippen molar-refractivity contribution in [2.45, 2.75) is 46.7 Å². The average molecular weight is 276 g/mol. The van der Waals surface area contributed by atoms with E-state index < -0.39 is 6.04 Å². The summed E-state index contributed by atoms with van der Waals surface area (Å²) in [6.07, 6.45) is 0.398. The minimum absolute atomic E-state index is 0.00902. The van der Waals surface area contributed by atoms with E-state index in [9.17, 15) is 9.59 Å². The number of amides is 2. The summed E-state index contributed by atoms with van der Waals surface area (Å²) in [7, 11) is 0. The highest BCUT2D eigenvalue weighted by Crippen LogP contribution is 2.12. The molecule has 0 fully saturated rings. The quantitative estimate of drug-likeness (QED) is 0.866. The second-order valence-electron chi connectivity index (χ2n) is 4.93. The van der Waals surface area contributed by atoms with Crippen LogP contribution in [0.5, 0.6) is 0 Å². The summed E-state index contributed by atoms with van der Waals surface area (Å²) in [5.41, 5.74) is 2.19. The fourth-order valence-electron chi connectivity index (χ4n) is 2.11. The van der Waals surface area contributed by atoms with Crippen LogP contribution in [0.1, 0.15) is 38.3 Å². The Bertz CT molecular complexity index is 471. The van der Waals surface area contributed by atoms with E-state index in [1.54, 1.807) is 11.8 Å². The zero-order chi connectivity index (χ0) is 15.1. The molecule has 110 valence electrons. The molecular weight excluding hydrogens is 252 g/mol. The van der Waals surface area contributed by atoms with Crippen molar-refractivity contribution in [2.24, 2.45) is 0 Å². The summed E-state index contributed by atoms with van der Waals surface area (Å²) < 4.78 is 0. The van der Waals surface area contributed by atoms with Crippen molar-refractivity contribution in [1.82, 2.24) is 10.2 Å². The molecule has 0 bridgehead atoms. The van der Waals surface area contributed by atoms with Crippen molar-refractivity contribution in [3.05, 3.63) is 35.4 Å². The lowest BCUT2D eigenvalue weighted by molar-refractivity contribution is -0.140. The third kappa shape index (κ3) is 4.37. The third-order valence-corrected chi connectivity index (χ3v) is 3.26. The lowest BCUT2D eigenvalue weighted by Crippen LogP contribution is -2.47. The molecule has 1 atom stereocenters. The number of nitrogens with one attached hydrogen (secondary N) is 1. The summed E-state index contributed by atoms with van der Waals surface area (Å²) in [6.45, 7) is 8.51. The summed E-state index contributed by atoms with van der Waals surface area (Å²) >= 11 is 0. The lowest BCUT2D eigenvalue weighted by atomic mass is 10.1. The molecule has 0 aliphatic heterocycles. The van der Waals surface area contributed by atoms with Crippen molar-refractivity contribution >= 4 is 11.8 Å². The minimum atomic E-state index is -0.456. The normalized spacial score (nSPS) is 11.8. The molecule has 20 heavy (non-hydrogen) atoms. The number of hydrogen-bond donors (Lipinski definition) is 1. The molecule has 2 amide bonds. The first-order chi connectivity index (χ1) is 9.49. The van der Waals surface area contributed by atoms with Crippen molar-refractivity contribution in [2.75, 3.05) is 6.54 Å². The standard InChI is InChI=1S/C16H24N2O2/c1-5-15(19)18(13(4)16(20)17-6-2)11-14-9-7-8-12(3)10-14/h7-10,13H,5-6,11H2,1-4H3,(H,17,20)/t13-/m0/s1. The van der Waals surface area contributed by atoms with Gasteiger partial charge in [0.15, 0.2) is 0 Å². The third-order valence-electron chi connectivity index (χ3n) is 3.26. The fourth-order valence-corrected chi connectivity index (χ4v) is 2.11. The Morgan fingerprint density at radius 1 is 1.30 bits per heavy atom. The van der Waals surface area contributed by atoms with E-state index in [1.807, 2.05) is 45.0 Å². The van der Waals surface area contributed by atoms with Gasteiger partial charge in [-0.05, 0) is 26.3 Å². The Morgan fingerprint density at radius 3 is 2.55 bits per heavy atom.